The van der Waals surface area contributed by atoms with E-state index in [9.17, 15) is 0 Å². The molecular formula is C14H12N2OS. The van der Waals surface area contributed by atoms with Crippen LogP contribution >= 0.6 is 11.3 Å². The molecule has 0 amide bonds. The van der Waals surface area contributed by atoms with Gasteiger partial charge in [-0.3, -0.25) is 0 Å². The Hall–Kier alpha value is -1.91. The van der Waals surface area contributed by atoms with Gasteiger partial charge in [0.05, 0.1) is 12.0 Å². The fraction of sp³-hybridized carbons (Fsp3) is 0.0714. The van der Waals surface area contributed by atoms with Crippen molar-refractivity contribution in [2.75, 3.05) is 0 Å². The zero-order valence-corrected chi connectivity index (χ0v) is 10.5. The largest absolute Gasteiger partial charge is 0.462 e. The van der Waals surface area contributed by atoms with Gasteiger partial charge in [0.15, 0.2) is 10.8 Å². The van der Waals surface area contributed by atoms with Crippen LogP contribution in [0, 0.1) is 0 Å². The van der Waals surface area contributed by atoms with Gasteiger partial charge in [-0.2, -0.15) is 0 Å². The lowest BCUT2D eigenvalue weighted by Crippen LogP contribution is -1.95. The number of furan rings is 1. The Morgan fingerprint density at radius 2 is 1.94 bits per heavy atom. The van der Waals surface area contributed by atoms with Crippen molar-refractivity contribution in [2.24, 2.45) is 5.73 Å². The maximum atomic E-state index is 5.79. The minimum Gasteiger partial charge on any atom is -0.462 e. The highest BCUT2D eigenvalue weighted by atomic mass is 32.1. The molecule has 0 bridgehead atoms. The topological polar surface area (TPSA) is 52.0 Å². The number of benzene rings is 1. The Labute approximate surface area is 109 Å². The van der Waals surface area contributed by atoms with Gasteiger partial charge in [-0.1, -0.05) is 30.3 Å². The molecule has 0 aliphatic heterocycles. The molecule has 3 rings (SSSR count). The second-order valence-corrected chi connectivity index (χ2v) is 4.92. The lowest BCUT2D eigenvalue weighted by atomic mass is 10.1. The number of thiazole rings is 1. The summed E-state index contributed by atoms with van der Waals surface area (Å²) in [4.78, 5) is 5.72. The van der Waals surface area contributed by atoms with Gasteiger partial charge in [0, 0.05) is 17.0 Å². The normalized spacial score (nSPS) is 10.7. The molecule has 90 valence electrons. The van der Waals surface area contributed by atoms with Crippen molar-refractivity contribution in [3.8, 4) is 22.0 Å². The van der Waals surface area contributed by atoms with Crippen molar-refractivity contribution in [3.63, 3.8) is 0 Å². The summed E-state index contributed by atoms with van der Waals surface area (Å²) in [7, 11) is 0. The molecule has 18 heavy (non-hydrogen) atoms. The monoisotopic (exact) mass is 256 g/mol. The SMILES string of the molecule is NCc1sc(-c2ccco2)nc1-c1ccccc1. The summed E-state index contributed by atoms with van der Waals surface area (Å²) >= 11 is 1.58. The number of aromatic nitrogens is 1. The van der Waals surface area contributed by atoms with Crippen LogP contribution in [-0.2, 0) is 6.54 Å². The molecule has 3 aromatic rings. The van der Waals surface area contributed by atoms with E-state index in [1.807, 2.05) is 42.5 Å². The standard InChI is InChI=1S/C14H12N2OS/c15-9-12-13(10-5-2-1-3-6-10)16-14(18-12)11-7-4-8-17-11/h1-8H,9,15H2. The van der Waals surface area contributed by atoms with Crippen LogP contribution in [0.1, 0.15) is 4.88 Å². The minimum absolute atomic E-state index is 0.489. The van der Waals surface area contributed by atoms with Crippen molar-refractivity contribution in [1.82, 2.24) is 4.98 Å². The smallest absolute Gasteiger partial charge is 0.162 e. The summed E-state index contributed by atoms with van der Waals surface area (Å²) in [6, 6.07) is 13.9. The highest BCUT2D eigenvalue weighted by molar-refractivity contribution is 7.15. The average Bonchev–Trinajstić information content (AvgIpc) is 3.08. The van der Waals surface area contributed by atoms with Crippen LogP contribution in [0.4, 0.5) is 0 Å². The fourth-order valence-electron chi connectivity index (χ4n) is 1.82. The van der Waals surface area contributed by atoms with Gasteiger partial charge in [-0.25, -0.2) is 4.98 Å². The third kappa shape index (κ3) is 1.96. The van der Waals surface area contributed by atoms with Crippen LogP contribution in [0.2, 0.25) is 0 Å². The molecule has 0 spiro atoms. The molecule has 1 aromatic carbocycles. The predicted octanol–water partition coefficient (Wildman–Crippen LogP) is 3.53. The van der Waals surface area contributed by atoms with Crippen LogP contribution in [0.25, 0.3) is 22.0 Å². The Morgan fingerprint density at radius 1 is 1.11 bits per heavy atom. The summed E-state index contributed by atoms with van der Waals surface area (Å²) in [5.41, 5.74) is 7.84. The molecule has 0 aliphatic rings. The van der Waals surface area contributed by atoms with Crippen LogP contribution in [0.5, 0.6) is 0 Å². The molecule has 0 radical (unpaired) electrons. The highest BCUT2D eigenvalue weighted by Crippen LogP contribution is 2.33. The van der Waals surface area contributed by atoms with Crippen LogP contribution in [0.15, 0.2) is 53.1 Å². The van der Waals surface area contributed by atoms with E-state index in [-0.39, 0.29) is 0 Å². The second-order valence-electron chi connectivity index (χ2n) is 3.84. The van der Waals surface area contributed by atoms with Crippen LogP contribution < -0.4 is 5.73 Å². The third-order valence-corrected chi connectivity index (χ3v) is 3.75. The molecule has 0 fully saturated rings. The van der Waals surface area contributed by atoms with Crippen LogP contribution in [0.3, 0.4) is 0 Å². The molecular weight excluding hydrogens is 244 g/mol. The number of nitrogens with two attached hydrogens (primary N) is 1. The summed E-state index contributed by atoms with van der Waals surface area (Å²) in [5, 5.41) is 0.874. The van der Waals surface area contributed by atoms with E-state index in [2.05, 4.69) is 4.98 Å². The summed E-state index contributed by atoms with van der Waals surface area (Å²) in [6.45, 7) is 0.489. The lowest BCUT2D eigenvalue weighted by molar-refractivity contribution is 0.582. The quantitative estimate of drug-likeness (QED) is 0.780. The molecule has 0 saturated heterocycles. The average molecular weight is 256 g/mol. The van der Waals surface area contributed by atoms with Gasteiger partial charge in [0.2, 0.25) is 0 Å². The first-order chi connectivity index (χ1) is 8.88. The number of hydrogen-bond donors (Lipinski definition) is 1. The van der Waals surface area contributed by atoms with E-state index in [1.54, 1.807) is 17.6 Å². The van der Waals surface area contributed by atoms with E-state index in [1.165, 1.54) is 0 Å². The number of rotatable bonds is 3. The Bertz CT molecular complexity index is 629. The second kappa shape index (κ2) is 4.76. The Morgan fingerprint density at radius 3 is 2.61 bits per heavy atom. The first kappa shape index (κ1) is 11.2. The van der Waals surface area contributed by atoms with Crippen LogP contribution in [-0.4, -0.2) is 4.98 Å². The first-order valence-electron chi connectivity index (χ1n) is 5.67. The first-order valence-corrected chi connectivity index (χ1v) is 6.49. The fourth-order valence-corrected chi connectivity index (χ4v) is 2.75. The van der Waals surface area contributed by atoms with E-state index < -0.39 is 0 Å². The lowest BCUT2D eigenvalue weighted by Gasteiger charge is -1.98. The predicted molar refractivity (Wildman–Crippen MR) is 73.1 cm³/mol. The summed E-state index contributed by atoms with van der Waals surface area (Å²) < 4.78 is 5.38. The van der Waals surface area contributed by atoms with Gasteiger partial charge in [-0.15, -0.1) is 11.3 Å². The van der Waals surface area contributed by atoms with Gasteiger partial charge in [0.1, 0.15) is 0 Å². The molecule has 2 heterocycles. The summed E-state index contributed by atoms with van der Waals surface area (Å²) in [5.74, 6) is 0.789. The number of hydrogen-bond acceptors (Lipinski definition) is 4. The molecule has 0 aliphatic carbocycles. The van der Waals surface area contributed by atoms with Crippen molar-refractivity contribution in [2.45, 2.75) is 6.54 Å². The maximum absolute atomic E-state index is 5.79. The van der Waals surface area contributed by atoms with Crippen molar-refractivity contribution in [1.29, 1.82) is 0 Å². The van der Waals surface area contributed by atoms with Crippen molar-refractivity contribution < 1.29 is 4.42 Å². The van der Waals surface area contributed by atoms with Crippen molar-refractivity contribution in [3.05, 3.63) is 53.6 Å². The van der Waals surface area contributed by atoms with E-state index >= 15 is 0 Å². The Balaban J connectivity index is 2.10. The molecule has 0 unspecified atom stereocenters. The van der Waals surface area contributed by atoms with E-state index in [4.69, 9.17) is 10.2 Å². The van der Waals surface area contributed by atoms with Crippen molar-refractivity contribution >= 4 is 11.3 Å². The molecule has 4 heteroatoms. The molecule has 3 nitrogen and oxygen atoms in total. The van der Waals surface area contributed by atoms with Gasteiger partial charge >= 0.3 is 0 Å². The maximum Gasteiger partial charge on any atom is 0.162 e. The zero-order valence-electron chi connectivity index (χ0n) is 9.67. The highest BCUT2D eigenvalue weighted by Gasteiger charge is 2.14. The number of nitrogens with zero attached hydrogens (tertiary/aromatic N) is 1. The molecule has 2 N–H and O–H groups in total. The molecule has 0 atom stereocenters. The zero-order chi connectivity index (χ0) is 12.4. The summed E-state index contributed by atoms with van der Waals surface area (Å²) in [6.07, 6.45) is 1.65. The van der Waals surface area contributed by atoms with Gasteiger partial charge < -0.3 is 10.2 Å². The Kier molecular flexibility index (Phi) is 2.96. The van der Waals surface area contributed by atoms with Gasteiger partial charge in [0.25, 0.3) is 0 Å². The minimum atomic E-state index is 0.489. The van der Waals surface area contributed by atoms with Gasteiger partial charge in [-0.05, 0) is 12.1 Å². The molecule has 2 aromatic heterocycles. The third-order valence-electron chi connectivity index (χ3n) is 2.66. The molecule has 0 saturated carbocycles. The van der Waals surface area contributed by atoms with E-state index in [0.717, 1.165) is 26.9 Å². The van der Waals surface area contributed by atoms with E-state index in [0.29, 0.717) is 6.54 Å².